The van der Waals surface area contributed by atoms with Crippen LogP contribution >= 0.6 is 11.3 Å². The van der Waals surface area contributed by atoms with Gasteiger partial charge in [-0.25, -0.2) is 19.6 Å². The van der Waals surface area contributed by atoms with E-state index in [0.29, 0.717) is 38.0 Å². The molecule has 3 heterocycles. The number of aromatic carboxylic acids is 1. The van der Waals surface area contributed by atoms with Crippen molar-refractivity contribution >= 4 is 45.2 Å². The monoisotopic (exact) mass is 405 g/mol. The van der Waals surface area contributed by atoms with Crippen molar-refractivity contribution in [1.29, 1.82) is 5.26 Å². The van der Waals surface area contributed by atoms with Crippen LogP contribution in [0.25, 0.3) is 21.6 Å². The Hall–Kier alpha value is -4.30. The van der Waals surface area contributed by atoms with Crippen molar-refractivity contribution in [2.75, 3.05) is 10.6 Å². The van der Waals surface area contributed by atoms with Crippen molar-refractivity contribution in [1.82, 2.24) is 20.2 Å². The molecule has 0 aliphatic rings. The average molecular weight is 405 g/mol. The van der Waals surface area contributed by atoms with Gasteiger partial charge in [0.1, 0.15) is 0 Å². The number of anilines is 2. The van der Waals surface area contributed by atoms with Crippen molar-refractivity contribution in [2.45, 2.75) is 0 Å². The van der Waals surface area contributed by atoms with Gasteiger partial charge in [-0.1, -0.05) is 17.4 Å². The lowest BCUT2D eigenvalue weighted by molar-refractivity contribution is 0.0699. The van der Waals surface area contributed by atoms with Crippen LogP contribution in [0.5, 0.6) is 0 Å². The topological polar surface area (TPSA) is 157 Å². The summed E-state index contributed by atoms with van der Waals surface area (Å²) in [6, 6.07) is 9.40. The first kappa shape index (κ1) is 18.1. The number of benzene rings is 1. The third kappa shape index (κ3) is 3.73. The van der Waals surface area contributed by atoms with E-state index in [4.69, 9.17) is 5.26 Å². The summed E-state index contributed by atoms with van der Waals surface area (Å²) in [4.78, 5) is 32.7. The van der Waals surface area contributed by atoms with E-state index in [1.54, 1.807) is 24.3 Å². The summed E-state index contributed by atoms with van der Waals surface area (Å²) < 4.78 is 0. The lowest BCUT2D eigenvalue weighted by Crippen LogP contribution is -2.19. The van der Waals surface area contributed by atoms with Gasteiger partial charge in [-0.2, -0.15) is 10.4 Å². The van der Waals surface area contributed by atoms with Crippen LogP contribution in [-0.2, 0) is 0 Å². The van der Waals surface area contributed by atoms with Gasteiger partial charge in [-0.05, 0) is 24.3 Å². The number of H-pyrrole nitrogens is 1. The number of aromatic amines is 1. The lowest BCUT2D eigenvalue weighted by atomic mass is 10.1. The van der Waals surface area contributed by atoms with E-state index in [-0.39, 0.29) is 5.56 Å². The minimum Gasteiger partial charge on any atom is -0.478 e. The van der Waals surface area contributed by atoms with Gasteiger partial charge in [-0.3, -0.25) is 10.4 Å². The molecule has 29 heavy (non-hydrogen) atoms. The van der Waals surface area contributed by atoms with Gasteiger partial charge < -0.3 is 10.4 Å². The van der Waals surface area contributed by atoms with Gasteiger partial charge in [0.05, 0.1) is 39.4 Å². The molecule has 4 rings (SSSR count). The maximum Gasteiger partial charge on any atom is 0.336 e. The van der Waals surface area contributed by atoms with E-state index in [2.05, 4.69) is 30.8 Å². The minimum absolute atomic E-state index is 0.0665. The Morgan fingerprint density at radius 2 is 2.07 bits per heavy atom. The molecule has 4 aromatic rings. The number of carboxylic acid groups (broad SMARTS) is 1. The number of nitrogens with one attached hydrogen (secondary N) is 3. The highest BCUT2D eigenvalue weighted by molar-refractivity contribution is 7.19. The molecule has 0 bridgehead atoms. The number of aromatic nitrogens is 4. The van der Waals surface area contributed by atoms with E-state index < -0.39 is 12.0 Å². The maximum atomic E-state index is 12.2. The number of carboxylic acids is 1. The number of fused-ring (bicyclic) bond motifs is 1. The number of carbonyl (C=O) groups excluding carboxylic acids is 1. The molecule has 0 aliphatic carbocycles. The fourth-order valence-corrected chi connectivity index (χ4v) is 3.38. The zero-order valence-corrected chi connectivity index (χ0v) is 15.3. The molecule has 11 heteroatoms. The molecular formula is C18H11N7O3S. The van der Waals surface area contributed by atoms with Crippen molar-refractivity contribution in [3.05, 3.63) is 53.9 Å². The summed E-state index contributed by atoms with van der Waals surface area (Å²) in [5, 5.41) is 30.7. The van der Waals surface area contributed by atoms with Gasteiger partial charge in [-0.15, -0.1) is 0 Å². The first-order valence-corrected chi connectivity index (χ1v) is 8.97. The Morgan fingerprint density at radius 3 is 2.86 bits per heavy atom. The molecule has 0 saturated heterocycles. The summed E-state index contributed by atoms with van der Waals surface area (Å²) >= 11 is 1.14. The average Bonchev–Trinajstić information content (AvgIpc) is 3.36. The van der Waals surface area contributed by atoms with Crippen molar-refractivity contribution in [3.8, 4) is 16.6 Å². The smallest absolute Gasteiger partial charge is 0.336 e. The molecule has 0 saturated carbocycles. The molecule has 2 amide bonds. The minimum atomic E-state index is -1.10. The molecule has 0 fully saturated rings. The number of pyridine rings is 1. The van der Waals surface area contributed by atoms with Gasteiger partial charge >= 0.3 is 12.0 Å². The summed E-state index contributed by atoms with van der Waals surface area (Å²) in [6.45, 7) is 0. The SMILES string of the molecule is N#Cc1cccc(NC(=O)Nc2ncc(-c3cc(C(=O)O)c4cn[nH]c4n3)s2)c1. The largest absolute Gasteiger partial charge is 0.478 e. The van der Waals surface area contributed by atoms with Crippen LogP contribution in [0, 0.1) is 11.3 Å². The van der Waals surface area contributed by atoms with Crippen LogP contribution in [0.2, 0.25) is 0 Å². The number of amides is 2. The molecule has 0 aliphatic heterocycles. The highest BCUT2D eigenvalue weighted by Gasteiger charge is 2.16. The summed E-state index contributed by atoms with van der Waals surface area (Å²) in [5.41, 5.74) is 1.70. The number of nitriles is 1. The van der Waals surface area contributed by atoms with Gasteiger partial charge in [0.15, 0.2) is 10.8 Å². The molecule has 10 nitrogen and oxygen atoms in total. The molecule has 4 N–H and O–H groups in total. The standard InChI is InChI=1S/C18H11N7O3S/c19-6-9-2-1-3-10(4-9)22-17(28)24-18-20-8-14(29-18)13-5-11(16(26)27)12-7-21-25-15(12)23-13/h1-5,7-8H,(H,26,27)(H,21,23,25)(H2,20,22,24,28). The van der Waals surface area contributed by atoms with Gasteiger partial charge in [0, 0.05) is 11.9 Å². The fraction of sp³-hybridized carbons (Fsp3) is 0. The Bertz CT molecular complexity index is 1290. The lowest BCUT2D eigenvalue weighted by Gasteiger charge is -2.05. The summed E-state index contributed by atoms with van der Waals surface area (Å²) in [7, 11) is 0. The molecule has 0 spiro atoms. The number of carbonyl (C=O) groups is 2. The molecule has 0 unspecified atom stereocenters. The predicted molar refractivity (Wildman–Crippen MR) is 106 cm³/mol. The van der Waals surface area contributed by atoms with E-state index in [1.807, 2.05) is 6.07 Å². The Balaban J connectivity index is 1.54. The molecule has 3 aromatic heterocycles. The highest BCUT2D eigenvalue weighted by atomic mass is 32.1. The molecule has 142 valence electrons. The zero-order valence-electron chi connectivity index (χ0n) is 14.5. The first-order valence-electron chi connectivity index (χ1n) is 8.15. The van der Waals surface area contributed by atoms with Gasteiger partial charge in [0.25, 0.3) is 0 Å². The van der Waals surface area contributed by atoms with E-state index in [0.717, 1.165) is 11.3 Å². The van der Waals surface area contributed by atoms with Crippen LogP contribution in [-0.4, -0.2) is 37.3 Å². The van der Waals surface area contributed by atoms with Crippen molar-refractivity contribution < 1.29 is 14.7 Å². The van der Waals surface area contributed by atoms with E-state index in [1.165, 1.54) is 18.5 Å². The normalized spacial score (nSPS) is 10.4. The Morgan fingerprint density at radius 1 is 1.21 bits per heavy atom. The Kier molecular flexibility index (Phi) is 4.60. The second-order valence-corrected chi connectivity index (χ2v) is 6.82. The number of nitrogens with zero attached hydrogens (tertiary/aromatic N) is 4. The third-order valence-electron chi connectivity index (χ3n) is 3.88. The maximum absolute atomic E-state index is 12.2. The molecular weight excluding hydrogens is 394 g/mol. The molecule has 0 atom stereocenters. The highest BCUT2D eigenvalue weighted by Crippen LogP contribution is 2.30. The predicted octanol–water partition coefficient (Wildman–Crippen LogP) is 3.30. The van der Waals surface area contributed by atoms with Crippen LogP contribution < -0.4 is 10.6 Å². The van der Waals surface area contributed by atoms with Crippen LogP contribution in [0.3, 0.4) is 0 Å². The number of urea groups is 1. The van der Waals surface area contributed by atoms with Crippen molar-refractivity contribution in [3.63, 3.8) is 0 Å². The first-order chi connectivity index (χ1) is 14.0. The summed E-state index contributed by atoms with van der Waals surface area (Å²) in [5.74, 6) is -1.10. The number of thiazole rings is 1. The van der Waals surface area contributed by atoms with Crippen LogP contribution in [0.4, 0.5) is 15.6 Å². The zero-order chi connectivity index (χ0) is 20.4. The van der Waals surface area contributed by atoms with Crippen LogP contribution in [0.15, 0.2) is 42.7 Å². The second kappa shape index (κ2) is 7.37. The van der Waals surface area contributed by atoms with E-state index in [9.17, 15) is 14.7 Å². The fourth-order valence-electron chi connectivity index (χ4n) is 2.61. The van der Waals surface area contributed by atoms with Crippen molar-refractivity contribution in [2.24, 2.45) is 0 Å². The van der Waals surface area contributed by atoms with Gasteiger partial charge in [0.2, 0.25) is 0 Å². The third-order valence-corrected chi connectivity index (χ3v) is 4.82. The molecule has 0 radical (unpaired) electrons. The Labute approximate surface area is 166 Å². The quantitative estimate of drug-likeness (QED) is 0.406. The number of hydrogen-bond acceptors (Lipinski definition) is 7. The summed E-state index contributed by atoms with van der Waals surface area (Å²) in [6.07, 6.45) is 2.90. The number of hydrogen-bond donors (Lipinski definition) is 4. The molecule has 1 aromatic carbocycles. The van der Waals surface area contributed by atoms with E-state index >= 15 is 0 Å². The van der Waals surface area contributed by atoms with Crippen LogP contribution in [0.1, 0.15) is 15.9 Å². The number of rotatable bonds is 4. The second-order valence-electron chi connectivity index (χ2n) is 5.79.